The number of hydrogen-bond acceptors (Lipinski definition) is 4. The molecule has 0 saturated carbocycles. The van der Waals surface area contributed by atoms with E-state index in [4.69, 9.17) is 11.6 Å². The molecule has 0 atom stereocenters. The van der Waals surface area contributed by atoms with Crippen molar-refractivity contribution in [1.82, 2.24) is 19.7 Å². The van der Waals surface area contributed by atoms with Crippen LogP contribution in [-0.2, 0) is 16.1 Å². The van der Waals surface area contributed by atoms with Gasteiger partial charge in [-0.2, -0.15) is 5.10 Å². The summed E-state index contributed by atoms with van der Waals surface area (Å²) in [7, 11) is 1.55. The maximum absolute atomic E-state index is 11.9. The van der Waals surface area contributed by atoms with Gasteiger partial charge in [0.05, 0.1) is 17.3 Å². The Morgan fingerprint density at radius 1 is 1.38 bits per heavy atom. The molecule has 0 spiro atoms. The quantitative estimate of drug-likeness (QED) is 0.894. The minimum absolute atomic E-state index is 0.0376. The molecule has 2 rings (SSSR count). The molecule has 0 aliphatic carbocycles. The number of carbonyl (C=O) groups is 2. The SMILES string of the molecule is CN(CC(=O)Nc1ccccc1Cl)C(=O)Cn1cncn1. The molecule has 0 unspecified atom stereocenters. The molecule has 0 fully saturated rings. The molecule has 2 amide bonds. The van der Waals surface area contributed by atoms with Crippen molar-refractivity contribution in [3.05, 3.63) is 41.9 Å². The first-order chi connectivity index (χ1) is 10.1. The molecule has 0 saturated heterocycles. The summed E-state index contributed by atoms with van der Waals surface area (Å²) in [6, 6.07) is 6.90. The first kappa shape index (κ1) is 15.0. The van der Waals surface area contributed by atoms with E-state index in [1.165, 1.54) is 22.2 Å². The number of halogens is 1. The highest BCUT2D eigenvalue weighted by Crippen LogP contribution is 2.20. The third kappa shape index (κ3) is 4.28. The van der Waals surface area contributed by atoms with Crippen LogP contribution in [0.5, 0.6) is 0 Å². The number of para-hydroxylation sites is 1. The van der Waals surface area contributed by atoms with Gasteiger partial charge in [0.1, 0.15) is 19.2 Å². The van der Waals surface area contributed by atoms with E-state index in [9.17, 15) is 9.59 Å². The zero-order valence-corrected chi connectivity index (χ0v) is 12.1. The highest BCUT2D eigenvalue weighted by Gasteiger charge is 2.14. The third-order valence-electron chi connectivity index (χ3n) is 2.72. The predicted octanol–water partition coefficient (Wildman–Crippen LogP) is 1.03. The number of carbonyl (C=O) groups excluding carboxylic acids is 2. The zero-order valence-electron chi connectivity index (χ0n) is 11.4. The van der Waals surface area contributed by atoms with Crippen LogP contribution in [0, 0.1) is 0 Å². The van der Waals surface area contributed by atoms with Gasteiger partial charge in [0.2, 0.25) is 11.8 Å². The zero-order chi connectivity index (χ0) is 15.2. The second kappa shape index (κ2) is 6.85. The summed E-state index contributed by atoms with van der Waals surface area (Å²) in [6.07, 6.45) is 2.78. The normalized spacial score (nSPS) is 10.2. The molecule has 1 aromatic carbocycles. The number of nitrogens with one attached hydrogen (secondary N) is 1. The Balaban J connectivity index is 1.87. The topological polar surface area (TPSA) is 80.1 Å². The molecule has 110 valence electrons. The summed E-state index contributed by atoms with van der Waals surface area (Å²) in [4.78, 5) is 28.8. The van der Waals surface area contributed by atoms with E-state index in [0.29, 0.717) is 10.7 Å². The van der Waals surface area contributed by atoms with Gasteiger partial charge in [0, 0.05) is 7.05 Å². The van der Waals surface area contributed by atoms with Crippen molar-refractivity contribution in [2.24, 2.45) is 0 Å². The molecule has 1 heterocycles. The lowest BCUT2D eigenvalue weighted by Gasteiger charge is -2.17. The summed E-state index contributed by atoms with van der Waals surface area (Å²) < 4.78 is 1.39. The molecular formula is C13H14ClN5O2. The van der Waals surface area contributed by atoms with Crippen LogP contribution < -0.4 is 5.32 Å². The smallest absolute Gasteiger partial charge is 0.244 e. The van der Waals surface area contributed by atoms with Crippen molar-refractivity contribution >= 4 is 29.1 Å². The number of benzene rings is 1. The molecular weight excluding hydrogens is 294 g/mol. The lowest BCUT2D eigenvalue weighted by molar-refractivity contribution is -0.134. The van der Waals surface area contributed by atoms with Gasteiger partial charge < -0.3 is 10.2 Å². The molecule has 8 heteroatoms. The van der Waals surface area contributed by atoms with Gasteiger partial charge in [-0.15, -0.1) is 0 Å². The van der Waals surface area contributed by atoms with Crippen LogP contribution in [0.4, 0.5) is 5.69 Å². The number of nitrogens with zero attached hydrogens (tertiary/aromatic N) is 4. The lowest BCUT2D eigenvalue weighted by Crippen LogP contribution is -2.37. The molecule has 0 bridgehead atoms. The third-order valence-corrected chi connectivity index (χ3v) is 3.05. The van der Waals surface area contributed by atoms with Crippen molar-refractivity contribution in [3.63, 3.8) is 0 Å². The van der Waals surface area contributed by atoms with E-state index in [0.717, 1.165) is 0 Å². The van der Waals surface area contributed by atoms with Gasteiger partial charge in [-0.05, 0) is 12.1 Å². The Morgan fingerprint density at radius 2 is 2.14 bits per heavy atom. The number of hydrogen-bond donors (Lipinski definition) is 1. The average Bonchev–Trinajstić information content (AvgIpc) is 2.94. The second-order valence-electron chi connectivity index (χ2n) is 4.37. The van der Waals surface area contributed by atoms with Gasteiger partial charge >= 0.3 is 0 Å². The Bertz CT molecular complexity index is 629. The summed E-state index contributed by atoms with van der Waals surface area (Å²) >= 11 is 5.95. The minimum atomic E-state index is -0.322. The Morgan fingerprint density at radius 3 is 2.81 bits per heavy atom. The Kier molecular flexibility index (Phi) is 4.89. The monoisotopic (exact) mass is 307 g/mol. The van der Waals surface area contributed by atoms with Crippen LogP contribution in [-0.4, -0.2) is 45.1 Å². The minimum Gasteiger partial charge on any atom is -0.335 e. The van der Waals surface area contributed by atoms with Gasteiger partial charge in [-0.3, -0.25) is 9.59 Å². The van der Waals surface area contributed by atoms with Crippen LogP contribution in [0.15, 0.2) is 36.9 Å². The van der Waals surface area contributed by atoms with E-state index < -0.39 is 0 Å². The predicted molar refractivity (Wildman–Crippen MR) is 77.7 cm³/mol. The fourth-order valence-electron chi connectivity index (χ4n) is 1.63. The molecule has 0 aliphatic rings. The summed E-state index contributed by atoms with van der Waals surface area (Å²) in [5.74, 6) is -0.563. The van der Waals surface area contributed by atoms with Crippen LogP contribution in [0.25, 0.3) is 0 Å². The van der Waals surface area contributed by atoms with Crippen molar-refractivity contribution < 1.29 is 9.59 Å². The number of likely N-dealkylation sites (N-methyl/N-ethyl adjacent to an activating group) is 1. The van der Waals surface area contributed by atoms with E-state index in [2.05, 4.69) is 15.4 Å². The van der Waals surface area contributed by atoms with Crippen LogP contribution in [0.2, 0.25) is 5.02 Å². The van der Waals surface area contributed by atoms with E-state index in [-0.39, 0.29) is 24.9 Å². The van der Waals surface area contributed by atoms with E-state index in [1.807, 2.05) is 0 Å². The lowest BCUT2D eigenvalue weighted by atomic mass is 10.3. The molecule has 2 aromatic rings. The Labute approximate surface area is 126 Å². The highest BCUT2D eigenvalue weighted by atomic mass is 35.5. The van der Waals surface area contributed by atoms with Crippen molar-refractivity contribution in [2.45, 2.75) is 6.54 Å². The highest BCUT2D eigenvalue weighted by molar-refractivity contribution is 6.33. The molecule has 1 N–H and O–H groups in total. The average molecular weight is 308 g/mol. The number of rotatable bonds is 5. The fourth-order valence-corrected chi connectivity index (χ4v) is 1.81. The van der Waals surface area contributed by atoms with Crippen molar-refractivity contribution in [1.29, 1.82) is 0 Å². The number of anilines is 1. The summed E-state index contributed by atoms with van der Waals surface area (Å²) in [6.45, 7) is -0.0331. The van der Waals surface area contributed by atoms with Crippen LogP contribution in [0.1, 0.15) is 0 Å². The molecule has 0 aliphatic heterocycles. The second-order valence-corrected chi connectivity index (χ2v) is 4.78. The first-order valence-corrected chi connectivity index (χ1v) is 6.55. The van der Waals surface area contributed by atoms with Gasteiger partial charge in [0.15, 0.2) is 0 Å². The molecule has 21 heavy (non-hydrogen) atoms. The molecule has 7 nitrogen and oxygen atoms in total. The largest absolute Gasteiger partial charge is 0.335 e. The summed E-state index contributed by atoms with van der Waals surface area (Å²) in [5, 5.41) is 6.94. The van der Waals surface area contributed by atoms with Crippen LogP contribution >= 0.6 is 11.6 Å². The maximum atomic E-state index is 11.9. The van der Waals surface area contributed by atoms with Gasteiger partial charge in [0.25, 0.3) is 0 Å². The van der Waals surface area contributed by atoms with Gasteiger partial charge in [-0.1, -0.05) is 23.7 Å². The van der Waals surface area contributed by atoms with Crippen molar-refractivity contribution in [2.75, 3.05) is 18.9 Å². The van der Waals surface area contributed by atoms with E-state index in [1.54, 1.807) is 31.3 Å². The number of aromatic nitrogens is 3. The molecule has 0 radical (unpaired) electrons. The van der Waals surface area contributed by atoms with E-state index >= 15 is 0 Å². The molecule has 1 aromatic heterocycles. The first-order valence-electron chi connectivity index (χ1n) is 6.17. The standard InChI is InChI=1S/C13H14ClN5O2/c1-18(13(21)7-19-9-15-8-16-19)6-12(20)17-11-5-3-2-4-10(11)14/h2-5,8-9H,6-7H2,1H3,(H,17,20). The Hall–Kier alpha value is -2.41. The number of amides is 2. The van der Waals surface area contributed by atoms with Crippen molar-refractivity contribution in [3.8, 4) is 0 Å². The van der Waals surface area contributed by atoms with Crippen LogP contribution in [0.3, 0.4) is 0 Å². The van der Waals surface area contributed by atoms with Gasteiger partial charge in [-0.25, -0.2) is 9.67 Å². The summed E-state index contributed by atoms with van der Waals surface area (Å²) in [5.41, 5.74) is 0.515. The maximum Gasteiger partial charge on any atom is 0.244 e. The fraction of sp³-hybridized carbons (Fsp3) is 0.231.